The molecule has 1 aromatic heterocycles. The van der Waals surface area contributed by atoms with E-state index in [2.05, 4.69) is 59.5 Å². The monoisotopic (exact) mass is 368 g/mol. The van der Waals surface area contributed by atoms with Crippen LogP contribution in [0.5, 0.6) is 0 Å². The molecule has 2 saturated heterocycles. The highest BCUT2D eigenvalue weighted by Gasteiger charge is 2.32. The van der Waals surface area contributed by atoms with Gasteiger partial charge in [-0.3, -0.25) is 4.79 Å². The molecule has 27 heavy (non-hydrogen) atoms. The van der Waals surface area contributed by atoms with Gasteiger partial charge in [0.1, 0.15) is 12.6 Å². The summed E-state index contributed by atoms with van der Waals surface area (Å²) in [7, 11) is 2.09. The van der Waals surface area contributed by atoms with Crippen molar-refractivity contribution in [3.63, 3.8) is 0 Å². The van der Waals surface area contributed by atoms with Crippen LogP contribution in [0, 0.1) is 0 Å². The number of carbonyl (C=O) groups excluding carboxylic acids is 1. The van der Waals surface area contributed by atoms with Crippen molar-refractivity contribution in [2.75, 3.05) is 31.5 Å². The Hall–Kier alpha value is -2.11. The molecule has 1 amide bonds. The smallest absolute Gasteiger partial charge is 0.279 e. The average molecular weight is 369 g/mol. The van der Waals surface area contributed by atoms with Gasteiger partial charge in [0.25, 0.3) is 5.91 Å². The van der Waals surface area contributed by atoms with Crippen LogP contribution in [-0.2, 0) is 18.4 Å². The highest BCUT2D eigenvalue weighted by molar-refractivity contribution is 5.91. The third-order valence-corrected chi connectivity index (χ3v) is 6.21. The molecule has 0 bridgehead atoms. The van der Waals surface area contributed by atoms with E-state index in [-0.39, 0.29) is 5.91 Å². The normalized spacial score (nSPS) is 23.0. The molecule has 5 heteroatoms. The highest BCUT2D eigenvalue weighted by Crippen LogP contribution is 2.19. The molecule has 0 spiro atoms. The zero-order valence-corrected chi connectivity index (χ0v) is 16.3. The van der Waals surface area contributed by atoms with Crippen LogP contribution in [0.15, 0.2) is 42.6 Å². The van der Waals surface area contributed by atoms with E-state index in [0.717, 1.165) is 25.2 Å². The van der Waals surface area contributed by atoms with Crippen molar-refractivity contribution >= 4 is 11.6 Å². The zero-order chi connectivity index (χ0) is 18.6. The summed E-state index contributed by atoms with van der Waals surface area (Å²) in [6.45, 7) is 5.29. The maximum absolute atomic E-state index is 12.6. The minimum Gasteiger partial charge on any atom is -0.350 e. The first-order valence-corrected chi connectivity index (χ1v) is 10.4. The lowest BCUT2D eigenvalue weighted by atomic mass is 10.1. The van der Waals surface area contributed by atoms with Crippen LogP contribution >= 0.6 is 0 Å². The summed E-state index contributed by atoms with van der Waals surface area (Å²) in [6.07, 6.45) is 7.15. The molecule has 0 saturated carbocycles. The fraction of sp³-hybridized carbons (Fsp3) is 0.500. The summed E-state index contributed by atoms with van der Waals surface area (Å²) in [4.78, 5) is 15.6. The van der Waals surface area contributed by atoms with Gasteiger partial charge in [0.15, 0.2) is 6.54 Å². The van der Waals surface area contributed by atoms with Crippen LogP contribution in [0.4, 0.5) is 5.69 Å². The Morgan fingerprint density at radius 2 is 1.89 bits per heavy atom. The SMILES string of the molecule is Cn1cccc1[C@@H]1CCC[NH+]1CC(=O)Nc1ccc(C[NH+]2CCCC2)cc1. The number of hydrogen-bond donors (Lipinski definition) is 3. The summed E-state index contributed by atoms with van der Waals surface area (Å²) in [5.41, 5.74) is 3.61. The molecule has 2 atom stereocenters. The standard InChI is InChI=1S/C22H30N4O/c1-24-12-4-6-20(24)21-7-5-15-26(21)17-22(27)23-19-10-8-18(9-11-19)16-25-13-2-3-14-25/h4,6,8-12,21H,2-3,5,7,13-17H2,1H3,(H,23,27)/p+2/t21-/m0/s1. The number of benzene rings is 1. The Morgan fingerprint density at radius 1 is 1.11 bits per heavy atom. The number of carbonyl (C=O) groups is 1. The number of rotatable bonds is 6. The Bertz CT molecular complexity index is 761. The molecular formula is C22H32N4O+2. The van der Waals surface area contributed by atoms with Gasteiger partial charge in [-0.2, -0.15) is 0 Å². The summed E-state index contributed by atoms with van der Waals surface area (Å²) < 4.78 is 2.19. The molecular weight excluding hydrogens is 336 g/mol. The van der Waals surface area contributed by atoms with Crippen molar-refractivity contribution in [1.29, 1.82) is 0 Å². The van der Waals surface area contributed by atoms with E-state index >= 15 is 0 Å². The second kappa shape index (κ2) is 8.28. The van der Waals surface area contributed by atoms with E-state index in [1.54, 1.807) is 4.90 Å². The second-order valence-electron chi connectivity index (χ2n) is 8.20. The molecule has 2 aliphatic rings. The van der Waals surface area contributed by atoms with E-state index in [0.29, 0.717) is 12.6 Å². The van der Waals surface area contributed by atoms with E-state index in [4.69, 9.17) is 0 Å². The fourth-order valence-corrected chi connectivity index (χ4v) is 4.77. The maximum atomic E-state index is 12.6. The zero-order valence-electron chi connectivity index (χ0n) is 16.3. The quantitative estimate of drug-likeness (QED) is 0.686. The molecule has 0 aliphatic carbocycles. The van der Waals surface area contributed by atoms with E-state index < -0.39 is 0 Å². The number of nitrogens with zero attached hydrogens (tertiary/aromatic N) is 1. The molecule has 2 fully saturated rings. The third kappa shape index (κ3) is 4.42. The van der Waals surface area contributed by atoms with Crippen molar-refractivity contribution in [3.8, 4) is 0 Å². The predicted molar refractivity (Wildman–Crippen MR) is 107 cm³/mol. The van der Waals surface area contributed by atoms with Gasteiger partial charge >= 0.3 is 0 Å². The van der Waals surface area contributed by atoms with Gasteiger partial charge < -0.3 is 19.7 Å². The van der Waals surface area contributed by atoms with Crippen LogP contribution in [0.1, 0.15) is 43.0 Å². The Labute approximate surface area is 162 Å². The van der Waals surface area contributed by atoms with E-state index in [1.165, 1.54) is 48.5 Å². The summed E-state index contributed by atoms with van der Waals surface area (Å²) in [6, 6.07) is 13.1. The van der Waals surface area contributed by atoms with Gasteiger partial charge in [0.05, 0.1) is 25.3 Å². The fourth-order valence-electron chi connectivity index (χ4n) is 4.77. The number of hydrogen-bond acceptors (Lipinski definition) is 1. The average Bonchev–Trinajstić information content (AvgIpc) is 3.39. The van der Waals surface area contributed by atoms with Crippen LogP contribution in [0.25, 0.3) is 0 Å². The molecule has 144 valence electrons. The van der Waals surface area contributed by atoms with Gasteiger partial charge in [-0.15, -0.1) is 0 Å². The lowest BCUT2D eigenvalue weighted by Crippen LogP contribution is -3.11. The lowest BCUT2D eigenvalue weighted by Gasteiger charge is -2.21. The van der Waals surface area contributed by atoms with E-state index in [1.807, 2.05) is 0 Å². The topological polar surface area (TPSA) is 42.9 Å². The minimum atomic E-state index is 0.115. The first-order valence-electron chi connectivity index (χ1n) is 10.4. The van der Waals surface area contributed by atoms with Crippen LogP contribution in [-0.4, -0.2) is 36.7 Å². The summed E-state index contributed by atoms with van der Waals surface area (Å²) in [5.74, 6) is 0.115. The molecule has 3 heterocycles. The van der Waals surface area contributed by atoms with Crippen molar-refractivity contribution in [2.24, 2.45) is 7.05 Å². The van der Waals surface area contributed by atoms with Gasteiger partial charge in [-0.25, -0.2) is 0 Å². The molecule has 5 nitrogen and oxygen atoms in total. The predicted octanol–water partition coefficient (Wildman–Crippen LogP) is 0.562. The van der Waals surface area contributed by atoms with Crippen LogP contribution < -0.4 is 15.1 Å². The first kappa shape index (κ1) is 18.3. The highest BCUT2D eigenvalue weighted by atomic mass is 16.2. The van der Waals surface area contributed by atoms with E-state index in [9.17, 15) is 4.79 Å². The number of aryl methyl sites for hydroxylation is 1. The third-order valence-electron chi connectivity index (χ3n) is 6.21. The maximum Gasteiger partial charge on any atom is 0.279 e. The van der Waals surface area contributed by atoms with Crippen molar-refractivity contribution < 1.29 is 14.6 Å². The van der Waals surface area contributed by atoms with Gasteiger partial charge in [-0.05, 0) is 24.3 Å². The summed E-state index contributed by atoms with van der Waals surface area (Å²) >= 11 is 0. The number of amides is 1. The number of quaternary nitrogens is 2. The molecule has 3 N–H and O–H groups in total. The second-order valence-corrected chi connectivity index (χ2v) is 8.20. The Kier molecular flexibility index (Phi) is 5.60. The Morgan fingerprint density at radius 3 is 2.59 bits per heavy atom. The van der Waals surface area contributed by atoms with Crippen molar-refractivity contribution in [2.45, 2.75) is 38.3 Å². The molecule has 4 rings (SSSR count). The largest absolute Gasteiger partial charge is 0.350 e. The van der Waals surface area contributed by atoms with Gasteiger partial charge in [0.2, 0.25) is 0 Å². The van der Waals surface area contributed by atoms with Gasteiger partial charge in [-0.1, -0.05) is 12.1 Å². The Balaban J connectivity index is 1.31. The number of aromatic nitrogens is 1. The molecule has 2 aliphatic heterocycles. The molecule has 1 aromatic carbocycles. The molecule has 2 aromatic rings. The van der Waals surface area contributed by atoms with Crippen LogP contribution in [0.3, 0.4) is 0 Å². The molecule has 1 unspecified atom stereocenters. The summed E-state index contributed by atoms with van der Waals surface area (Å²) in [5, 5.41) is 3.10. The minimum absolute atomic E-state index is 0.115. The lowest BCUT2D eigenvalue weighted by molar-refractivity contribution is -0.910. The van der Waals surface area contributed by atoms with Crippen molar-refractivity contribution in [1.82, 2.24) is 4.57 Å². The van der Waals surface area contributed by atoms with Crippen molar-refractivity contribution in [3.05, 3.63) is 53.9 Å². The first-order chi connectivity index (χ1) is 13.2. The number of anilines is 1. The number of likely N-dealkylation sites (tertiary alicyclic amines) is 2. The van der Waals surface area contributed by atoms with Crippen LogP contribution in [0.2, 0.25) is 0 Å². The van der Waals surface area contributed by atoms with Gasteiger partial charge in [0, 0.05) is 50.2 Å². The number of nitrogens with one attached hydrogen (secondary N) is 3. The molecule has 0 radical (unpaired) electrons.